The molecule has 10 heavy (non-hydrogen) atoms. The van der Waals surface area contributed by atoms with E-state index in [2.05, 4.69) is 27.2 Å². The first-order chi connectivity index (χ1) is 4.97. The van der Waals surface area contributed by atoms with Crippen molar-refractivity contribution in [2.24, 2.45) is 0 Å². The fraction of sp³-hybridized carbons (Fsp3) is 0.500. The highest BCUT2D eigenvalue weighted by Gasteiger charge is 2.15. The van der Waals surface area contributed by atoms with Crippen molar-refractivity contribution in [3.63, 3.8) is 0 Å². The Bertz CT molecular complexity index is 148. The molecule has 0 atom stereocenters. The second-order valence-electron chi connectivity index (χ2n) is 2.08. The average Bonchev–Trinajstić information content (AvgIpc) is 2.59. The average molecular weight is 142 g/mol. The van der Waals surface area contributed by atoms with Crippen molar-refractivity contribution in [1.29, 1.82) is 0 Å². The Labute approximate surface area is 58.5 Å². The van der Waals surface area contributed by atoms with E-state index in [1.54, 1.807) is 0 Å². The first kappa shape index (κ1) is 5.78. The molecule has 0 aromatic carbocycles. The largest absolute Gasteiger partial charge is 0.307 e. The molecule has 2 aliphatic rings. The third kappa shape index (κ3) is 0.878. The summed E-state index contributed by atoms with van der Waals surface area (Å²) >= 11 is 0. The molecule has 0 aromatic rings. The Morgan fingerprint density at radius 2 is 2.10 bits per heavy atom. The summed E-state index contributed by atoms with van der Waals surface area (Å²) in [5.74, 6) is 0.942. The van der Waals surface area contributed by atoms with Gasteiger partial charge in [0.2, 0.25) is 0 Å². The predicted octanol–water partition coefficient (Wildman–Crippen LogP) is -2.28. The van der Waals surface area contributed by atoms with E-state index in [0.717, 1.165) is 18.9 Å². The first-order valence-corrected chi connectivity index (χ1v) is 3.21. The maximum Gasteiger partial charge on any atom is 0.165 e. The second-order valence-corrected chi connectivity index (χ2v) is 2.08. The van der Waals surface area contributed by atoms with Crippen molar-refractivity contribution in [3.05, 3.63) is 12.0 Å². The minimum atomic E-state index is 0.942. The molecule has 5 N–H and O–H groups in total. The zero-order valence-electron chi connectivity index (χ0n) is 5.44. The molecule has 0 spiro atoms. The van der Waals surface area contributed by atoms with Crippen molar-refractivity contribution < 1.29 is 0 Å². The molecule has 6 nitrogen and oxygen atoms in total. The van der Waals surface area contributed by atoms with E-state index in [1.165, 1.54) is 0 Å². The third-order valence-corrected chi connectivity index (χ3v) is 1.38. The maximum atomic E-state index is 3.11. The highest BCUT2D eigenvalue weighted by molar-refractivity contribution is 4.98. The van der Waals surface area contributed by atoms with E-state index in [1.807, 2.05) is 11.3 Å². The maximum absolute atomic E-state index is 3.11. The van der Waals surface area contributed by atoms with Crippen LogP contribution >= 0.6 is 0 Å². The smallest absolute Gasteiger partial charge is 0.165 e. The van der Waals surface area contributed by atoms with Crippen molar-refractivity contribution in [3.8, 4) is 0 Å². The van der Waals surface area contributed by atoms with Crippen LogP contribution in [0.25, 0.3) is 0 Å². The van der Waals surface area contributed by atoms with Crippen molar-refractivity contribution in [2.75, 3.05) is 13.1 Å². The molecule has 0 aliphatic carbocycles. The molecular weight excluding hydrogens is 132 g/mol. The van der Waals surface area contributed by atoms with Crippen LogP contribution in [0, 0.1) is 0 Å². The van der Waals surface area contributed by atoms with Gasteiger partial charge >= 0.3 is 0 Å². The SMILES string of the molecule is C1=C(N2NCCN2)NNN1. The summed E-state index contributed by atoms with van der Waals surface area (Å²) in [4.78, 5) is 0. The summed E-state index contributed by atoms with van der Waals surface area (Å²) in [6.07, 6.45) is 1.82. The van der Waals surface area contributed by atoms with Gasteiger partial charge in [-0.3, -0.25) is 5.43 Å². The third-order valence-electron chi connectivity index (χ3n) is 1.38. The van der Waals surface area contributed by atoms with Crippen LogP contribution in [0.4, 0.5) is 0 Å². The van der Waals surface area contributed by atoms with Gasteiger partial charge in [-0.2, -0.15) is 0 Å². The molecule has 6 heteroatoms. The molecule has 1 fully saturated rings. The number of hydrogen-bond acceptors (Lipinski definition) is 6. The molecule has 2 aliphatic heterocycles. The van der Waals surface area contributed by atoms with Gasteiger partial charge in [0.25, 0.3) is 0 Å². The molecule has 0 saturated carbocycles. The fourth-order valence-corrected chi connectivity index (χ4v) is 0.923. The quantitative estimate of drug-likeness (QED) is 0.284. The molecule has 0 amide bonds. The number of nitrogens with zero attached hydrogens (tertiary/aromatic N) is 1. The summed E-state index contributed by atoms with van der Waals surface area (Å²) in [6.45, 7) is 1.91. The molecule has 2 heterocycles. The highest BCUT2D eigenvalue weighted by Crippen LogP contribution is 1.95. The van der Waals surface area contributed by atoms with Gasteiger partial charge in [0.05, 0.1) is 6.20 Å². The van der Waals surface area contributed by atoms with E-state index < -0.39 is 0 Å². The summed E-state index contributed by atoms with van der Waals surface area (Å²) in [6, 6.07) is 0. The Hall–Kier alpha value is -0.980. The molecule has 2 rings (SSSR count). The zero-order valence-corrected chi connectivity index (χ0v) is 5.44. The standard InChI is InChI=1S/C4H10N6/c1-2-7-10(6-1)4-3-5-9-8-4/h3,5-9H,1-2H2. The summed E-state index contributed by atoms with van der Waals surface area (Å²) in [5, 5.41) is 1.83. The molecule has 56 valence electrons. The van der Waals surface area contributed by atoms with Crippen LogP contribution < -0.4 is 27.2 Å². The van der Waals surface area contributed by atoms with E-state index >= 15 is 0 Å². The fourth-order valence-electron chi connectivity index (χ4n) is 0.923. The van der Waals surface area contributed by atoms with Gasteiger partial charge in [0.15, 0.2) is 5.82 Å². The zero-order chi connectivity index (χ0) is 6.81. The molecule has 0 aromatic heterocycles. The molecule has 0 bridgehead atoms. The van der Waals surface area contributed by atoms with Gasteiger partial charge in [-0.25, -0.2) is 16.0 Å². The second kappa shape index (κ2) is 2.33. The Morgan fingerprint density at radius 3 is 2.70 bits per heavy atom. The van der Waals surface area contributed by atoms with Gasteiger partial charge in [-0.1, -0.05) is 0 Å². The van der Waals surface area contributed by atoms with Crippen LogP contribution in [0.15, 0.2) is 12.0 Å². The molecule has 0 unspecified atom stereocenters. The Kier molecular flexibility index (Phi) is 1.35. The van der Waals surface area contributed by atoms with Gasteiger partial charge in [-0.15, -0.1) is 5.53 Å². The van der Waals surface area contributed by atoms with E-state index in [0.29, 0.717) is 0 Å². The topological polar surface area (TPSA) is 63.4 Å². The molecule has 0 radical (unpaired) electrons. The van der Waals surface area contributed by atoms with Crippen LogP contribution in [0.3, 0.4) is 0 Å². The van der Waals surface area contributed by atoms with Crippen molar-refractivity contribution in [2.45, 2.75) is 0 Å². The monoisotopic (exact) mass is 142 g/mol. The normalized spacial score (nSPS) is 24.0. The van der Waals surface area contributed by atoms with Gasteiger partial charge in [0, 0.05) is 13.1 Å². The summed E-state index contributed by atoms with van der Waals surface area (Å²) < 4.78 is 0. The minimum absolute atomic E-state index is 0.942. The van der Waals surface area contributed by atoms with Crippen molar-refractivity contribution >= 4 is 0 Å². The first-order valence-electron chi connectivity index (χ1n) is 3.21. The number of nitrogens with one attached hydrogen (secondary N) is 5. The van der Waals surface area contributed by atoms with E-state index in [-0.39, 0.29) is 0 Å². The number of rotatable bonds is 1. The highest BCUT2D eigenvalue weighted by atomic mass is 15.8. The molecule has 1 saturated heterocycles. The van der Waals surface area contributed by atoms with Gasteiger partial charge in [-0.05, 0) is 0 Å². The lowest BCUT2D eigenvalue weighted by Gasteiger charge is -2.17. The van der Waals surface area contributed by atoms with Crippen LogP contribution in [0.2, 0.25) is 0 Å². The lowest BCUT2D eigenvalue weighted by molar-refractivity contribution is 0.225. The summed E-state index contributed by atoms with van der Waals surface area (Å²) in [5.41, 5.74) is 14.7. The van der Waals surface area contributed by atoms with Crippen LogP contribution in [-0.4, -0.2) is 18.2 Å². The lowest BCUT2D eigenvalue weighted by atomic mass is 10.7. The van der Waals surface area contributed by atoms with Gasteiger partial charge in [0.1, 0.15) is 0 Å². The molecular formula is C4H10N6. The van der Waals surface area contributed by atoms with Crippen LogP contribution in [-0.2, 0) is 0 Å². The number of hydrogen-bond donors (Lipinski definition) is 5. The van der Waals surface area contributed by atoms with Crippen LogP contribution in [0.5, 0.6) is 0 Å². The Morgan fingerprint density at radius 1 is 1.30 bits per heavy atom. The van der Waals surface area contributed by atoms with Crippen LogP contribution in [0.1, 0.15) is 0 Å². The van der Waals surface area contributed by atoms with E-state index in [4.69, 9.17) is 0 Å². The minimum Gasteiger partial charge on any atom is -0.307 e. The summed E-state index contributed by atoms with van der Waals surface area (Å²) in [7, 11) is 0. The Balaban J connectivity index is 1.97. The van der Waals surface area contributed by atoms with Gasteiger partial charge < -0.3 is 5.43 Å². The van der Waals surface area contributed by atoms with Crippen molar-refractivity contribution in [1.82, 2.24) is 32.4 Å². The lowest BCUT2D eigenvalue weighted by Crippen LogP contribution is -2.44. The number of hydrazine groups is 4. The van der Waals surface area contributed by atoms with E-state index in [9.17, 15) is 0 Å². The predicted molar refractivity (Wildman–Crippen MR) is 35.3 cm³/mol.